The third-order valence-corrected chi connectivity index (χ3v) is 5.64. The topological polar surface area (TPSA) is 20.2 Å². The monoisotopic (exact) mass is 422 g/mol. The lowest BCUT2D eigenvalue weighted by atomic mass is 9.94. The number of halogens is 3. The number of nitrogens with zero attached hydrogens (tertiary/aromatic N) is 1. The van der Waals surface area contributed by atoms with E-state index in [-0.39, 0.29) is 6.73 Å². The van der Waals surface area contributed by atoms with Crippen LogP contribution in [0.25, 0.3) is 33.0 Å². The van der Waals surface area contributed by atoms with E-state index in [2.05, 4.69) is 12.1 Å². The van der Waals surface area contributed by atoms with Crippen LogP contribution in [-0.2, 0) is 6.18 Å². The average molecular weight is 422 g/mol. The van der Waals surface area contributed by atoms with Crippen LogP contribution in [-0.4, -0.2) is 25.9 Å². The second-order valence-electron chi connectivity index (χ2n) is 8.19. The van der Waals surface area contributed by atoms with Crippen LogP contribution < -0.4 is 4.48 Å². The Morgan fingerprint density at radius 2 is 1.39 bits per heavy atom. The maximum absolute atomic E-state index is 12.9. The Bertz CT molecular complexity index is 1230. The Kier molecular flexibility index (Phi) is 5.33. The summed E-state index contributed by atoms with van der Waals surface area (Å²) in [6, 6.07) is 25.3. The Hall–Kier alpha value is -3.15. The molecular weight excluding hydrogens is 399 g/mol. The molecule has 0 radical (unpaired) electrons. The van der Waals surface area contributed by atoms with Crippen molar-refractivity contribution in [3.63, 3.8) is 0 Å². The average Bonchev–Trinajstić information content (AvgIpc) is 2.78. The van der Waals surface area contributed by atoms with Crippen molar-refractivity contribution in [2.45, 2.75) is 6.18 Å². The molecule has 2 nitrogen and oxygen atoms in total. The van der Waals surface area contributed by atoms with Gasteiger partial charge in [0.2, 0.25) is 0 Å². The van der Waals surface area contributed by atoms with E-state index in [9.17, 15) is 18.3 Å². The van der Waals surface area contributed by atoms with Gasteiger partial charge in [0.1, 0.15) is 5.69 Å². The van der Waals surface area contributed by atoms with Crippen LogP contribution in [0.2, 0.25) is 0 Å². The van der Waals surface area contributed by atoms with Crippen LogP contribution in [0.3, 0.4) is 0 Å². The summed E-state index contributed by atoms with van der Waals surface area (Å²) in [5, 5.41) is 11.7. The number of aliphatic hydroxyl groups excluding tert-OH is 1. The fourth-order valence-electron chi connectivity index (χ4n) is 3.70. The quantitative estimate of drug-likeness (QED) is 0.286. The molecule has 0 aliphatic heterocycles. The maximum atomic E-state index is 12.9. The van der Waals surface area contributed by atoms with Gasteiger partial charge in [-0.25, -0.2) is 0 Å². The zero-order chi connectivity index (χ0) is 22.2. The molecule has 0 saturated carbocycles. The van der Waals surface area contributed by atoms with Crippen LogP contribution in [0.5, 0.6) is 0 Å². The first kappa shape index (κ1) is 21.1. The van der Waals surface area contributed by atoms with Gasteiger partial charge < -0.3 is 5.11 Å². The maximum Gasteiger partial charge on any atom is 0.416 e. The largest absolute Gasteiger partial charge is 0.416 e. The summed E-state index contributed by atoms with van der Waals surface area (Å²) in [4.78, 5) is 0. The van der Waals surface area contributed by atoms with Crippen LogP contribution >= 0.6 is 0 Å². The van der Waals surface area contributed by atoms with Crippen LogP contribution in [0.15, 0.2) is 84.9 Å². The number of hydrogen-bond acceptors (Lipinski definition) is 1. The number of alkyl halides is 3. The summed E-state index contributed by atoms with van der Waals surface area (Å²) in [6.45, 7) is -0.00232. The van der Waals surface area contributed by atoms with E-state index in [0.717, 1.165) is 50.8 Å². The SMILES string of the molecule is C[N+](C)(CO)c1cccc(-c2ccc3c(-c4ccc(C(F)(F)F)cc4)cccc3c2)c1. The number of aliphatic hydroxyl groups is 1. The second-order valence-corrected chi connectivity index (χ2v) is 8.19. The zero-order valence-corrected chi connectivity index (χ0v) is 17.3. The molecular formula is C26H23F3NO+. The van der Waals surface area contributed by atoms with Gasteiger partial charge >= 0.3 is 6.18 Å². The molecule has 5 heteroatoms. The van der Waals surface area contributed by atoms with Crippen molar-refractivity contribution >= 4 is 16.5 Å². The standard InChI is InChI=1S/C26H23F3NO/c1-30(2,17-31)23-7-3-5-19(16-23)20-11-14-25-21(15-20)6-4-8-24(25)18-9-12-22(13-10-18)26(27,28)29/h3-16,31H,17H2,1-2H3/q+1. The first-order valence-corrected chi connectivity index (χ1v) is 9.94. The Labute approximate surface area is 179 Å². The van der Waals surface area contributed by atoms with Crippen LogP contribution in [0, 0.1) is 0 Å². The summed E-state index contributed by atoms with van der Waals surface area (Å²) in [5.41, 5.74) is 4.07. The van der Waals surface area contributed by atoms with Gasteiger partial charge in [-0.05, 0) is 57.3 Å². The van der Waals surface area contributed by atoms with Gasteiger partial charge in [-0.15, -0.1) is 0 Å². The Balaban J connectivity index is 1.75. The van der Waals surface area contributed by atoms with Gasteiger partial charge in [-0.3, -0.25) is 4.48 Å². The minimum Gasteiger partial charge on any atom is -0.347 e. The van der Waals surface area contributed by atoms with Crippen molar-refractivity contribution in [2.24, 2.45) is 0 Å². The number of fused-ring (bicyclic) bond motifs is 1. The van der Waals surface area contributed by atoms with Gasteiger partial charge in [-0.1, -0.05) is 54.6 Å². The lowest BCUT2D eigenvalue weighted by molar-refractivity contribution is -0.137. The smallest absolute Gasteiger partial charge is 0.347 e. The first-order chi connectivity index (χ1) is 14.7. The van der Waals surface area contributed by atoms with Gasteiger partial charge in [0, 0.05) is 6.07 Å². The number of hydrogen-bond donors (Lipinski definition) is 1. The highest BCUT2D eigenvalue weighted by atomic mass is 19.4. The second kappa shape index (κ2) is 7.84. The molecule has 0 aromatic heterocycles. The normalized spacial score (nSPS) is 12.3. The third-order valence-electron chi connectivity index (χ3n) is 5.64. The molecule has 0 bridgehead atoms. The number of rotatable bonds is 4. The fraction of sp³-hybridized carbons (Fsp3) is 0.154. The molecule has 0 amide bonds. The summed E-state index contributed by atoms with van der Waals surface area (Å²) < 4.78 is 39.0. The highest BCUT2D eigenvalue weighted by molar-refractivity contribution is 5.98. The number of benzene rings is 4. The van der Waals surface area contributed by atoms with Crippen molar-refractivity contribution in [1.82, 2.24) is 4.48 Å². The molecule has 4 rings (SSSR count). The minimum absolute atomic E-state index is 0.00232. The molecule has 0 spiro atoms. The minimum atomic E-state index is -4.34. The van der Waals surface area contributed by atoms with E-state index in [4.69, 9.17) is 0 Å². The summed E-state index contributed by atoms with van der Waals surface area (Å²) in [6.07, 6.45) is -4.34. The number of quaternary nitrogens is 1. The molecule has 0 heterocycles. The van der Waals surface area contributed by atoms with E-state index in [0.29, 0.717) is 4.48 Å². The van der Waals surface area contributed by atoms with Crippen LogP contribution in [0.1, 0.15) is 5.56 Å². The molecule has 0 fully saturated rings. The molecule has 4 aromatic carbocycles. The first-order valence-electron chi connectivity index (χ1n) is 9.94. The molecule has 4 aromatic rings. The molecule has 0 atom stereocenters. The molecule has 0 saturated heterocycles. The molecule has 0 aliphatic carbocycles. The van der Waals surface area contributed by atoms with E-state index in [1.54, 1.807) is 0 Å². The summed E-state index contributed by atoms with van der Waals surface area (Å²) in [7, 11) is 3.88. The zero-order valence-electron chi connectivity index (χ0n) is 17.3. The summed E-state index contributed by atoms with van der Waals surface area (Å²) >= 11 is 0. The summed E-state index contributed by atoms with van der Waals surface area (Å²) in [5.74, 6) is 0. The van der Waals surface area contributed by atoms with Gasteiger partial charge in [0.05, 0.1) is 19.7 Å². The van der Waals surface area contributed by atoms with Crippen molar-refractivity contribution in [1.29, 1.82) is 0 Å². The predicted octanol–water partition coefficient (Wildman–Crippen LogP) is 6.71. The fourth-order valence-corrected chi connectivity index (χ4v) is 3.70. The van der Waals surface area contributed by atoms with Crippen molar-refractivity contribution < 1.29 is 18.3 Å². The van der Waals surface area contributed by atoms with Gasteiger partial charge in [0.25, 0.3) is 0 Å². The Morgan fingerprint density at radius 1 is 0.742 bits per heavy atom. The lowest BCUT2D eigenvalue weighted by Crippen LogP contribution is -2.41. The highest BCUT2D eigenvalue weighted by Gasteiger charge is 2.30. The van der Waals surface area contributed by atoms with Crippen molar-refractivity contribution in [2.75, 3.05) is 20.8 Å². The predicted molar refractivity (Wildman–Crippen MR) is 121 cm³/mol. The molecule has 31 heavy (non-hydrogen) atoms. The van der Waals surface area contributed by atoms with Crippen LogP contribution in [0.4, 0.5) is 18.9 Å². The van der Waals surface area contributed by atoms with E-state index in [1.807, 2.05) is 62.6 Å². The van der Waals surface area contributed by atoms with E-state index < -0.39 is 11.7 Å². The van der Waals surface area contributed by atoms with Gasteiger partial charge in [0.15, 0.2) is 6.73 Å². The van der Waals surface area contributed by atoms with Gasteiger partial charge in [-0.2, -0.15) is 13.2 Å². The Morgan fingerprint density at radius 3 is 2.06 bits per heavy atom. The van der Waals surface area contributed by atoms with Crippen molar-refractivity contribution in [3.8, 4) is 22.3 Å². The third kappa shape index (κ3) is 4.20. The highest BCUT2D eigenvalue weighted by Crippen LogP contribution is 2.35. The molecule has 1 N–H and O–H groups in total. The lowest BCUT2D eigenvalue weighted by Gasteiger charge is -2.26. The molecule has 158 valence electrons. The van der Waals surface area contributed by atoms with E-state index >= 15 is 0 Å². The molecule has 0 aliphatic rings. The molecule has 0 unspecified atom stereocenters. The van der Waals surface area contributed by atoms with Crippen molar-refractivity contribution in [3.05, 3.63) is 90.5 Å². The van der Waals surface area contributed by atoms with E-state index in [1.165, 1.54) is 12.1 Å².